The molecule has 2 atom stereocenters. The molecule has 5 heteroatoms. The van der Waals surface area contributed by atoms with Crippen LogP contribution in [0, 0.1) is 6.92 Å². The van der Waals surface area contributed by atoms with E-state index in [1.807, 2.05) is 13.0 Å². The van der Waals surface area contributed by atoms with Crippen LogP contribution in [0.4, 0.5) is 0 Å². The molecule has 5 nitrogen and oxygen atoms in total. The first-order valence-electron chi connectivity index (χ1n) is 7.20. The Kier molecular flexibility index (Phi) is 4.83. The van der Waals surface area contributed by atoms with Gasteiger partial charge in [0, 0.05) is 24.2 Å². The summed E-state index contributed by atoms with van der Waals surface area (Å²) in [5, 5.41) is 0. The molecule has 0 aromatic carbocycles. The molecule has 1 aliphatic heterocycles. The molecule has 20 heavy (non-hydrogen) atoms. The van der Waals surface area contributed by atoms with Gasteiger partial charge in [0.25, 0.3) is 0 Å². The zero-order valence-electron chi connectivity index (χ0n) is 12.5. The molecule has 112 valence electrons. The highest BCUT2D eigenvalue weighted by Gasteiger charge is 2.28. The number of esters is 1. The number of piperidine rings is 1. The van der Waals surface area contributed by atoms with E-state index in [1.54, 1.807) is 0 Å². The summed E-state index contributed by atoms with van der Waals surface area (Å²) in [5.74, 6) is 0.683. The van der Waals surface area contributed by atoms with Crippen molar-refractivity contribution >= 4 is 5.97 Å². The van der Waals surface area contributed by atoms with Gasteiger partial charge in [0.15, 0.2) is 0 Å². The average Bonchev–Trinajstić information content (AvgIpc) is 2.81. The highest BCUT2D eigenvalue weighted by atomic mass is 16.5. The molecule has 0 amide bonds. The number of furan rings is 1. The van der Waals surface area contributed by atoms with Crippen LogP contribution in [0.25, 0.3) is 0 Å². The minimum atomic E-state index is -0.421. The third-order valence-electron chi connectivity index (χ3n) is 4.14. The maximum absolute atomic E-state index is 11.6. The fraction of sp³-hybridized carbons (Fsp3) is 0.667. The Balaban J connectivity index is 2.14. The molecular formula is C15H24N2O3. The number of hydrogen-bond donors (Lipinski definition) is 1. The second-order valence-electron chi connectivity index (χ2n) is 5.56. The van der Waals surface area contributed by atoms with Crippen molar-refractivity contribution in [3.63, 3.8) is 0 Å². The van der Waals surface area contributed by atoms with E-state index in [2.05, 4.69) is 11.8 Å². The van der Waals surface area contributed by atoms with E-state index in [4.69, 9.17) is 14.9 Å². The fourth-order valence-electron chi connectivity index (χ4n) is 2.98. The van der Waals surface area contributed by atoms with Crippen LogP contribution >= 0.6 is 0 Å². The van der Waals surface area contributed by atoms with E-state index in [9.17, 15) is 4.79 Å². The molecule has 1 aromatic rings. The number of methoxy groups -OCH3 is 1. The Morgan fingerprint density at radius 3 is 2.95 bits per heavy atom. The summed E-state index contributed by atoms with van der Waals surface area (Å²) in [6, 6.07) is 2.80. The quantitative estimate of drug-likeness (QED) is 0.855. The molecule has 2 N–H and O–H groups in total. The highest BCUT2D eigenvalue weighted by molar-refractivity contribution is 5.87. The predicted molar refractivity (Wildman–Crippen MR) is 76.5 cm³/mol. The maximum atomic E-state index is 11.6. The van der Waals surface area contributed by atoms with Crippen LogP contribution in [-0.2, 0) is 11.3 Å². The molecule has 0 radical (unpaired) electrons. The first-order valence-corrected chi connectivity index (χ1v) is 7.20. The highest BCUT2D eigenvalue weighted by Crippen LogP contribution is 2.26. The van der Waals surface area contributed by atoms with E-state index in [0.717, 1.165) is 17.7 Å². The number of aryl methyl sites for hydroxylation is 1. The van der Waals surface area contributed by atoms with Gasteiger partial charge in [-0.05, 0) is 32.8 Å². The zero-order chi connectivity index (χ0) is 14.7. The number of carbonyl (C=O) groups excluding carboxylic acids is 1. The van der Waals surface area contributed by atoms with Gasteiger partial charge in [-0.15, -0.1) is 0 Å². The van der Waals surface area contributed by atoms with E-state index in [0.29, 0.717) is 30.9 Å². The topological polar surface area (TPSA) is 68.7 Å². The summed E-state index contributed by atoms with van der Waals surface area (Å²) in [6.45, 7) is 5.44. The van der Waals surface area contributed by atoms with Crippen LogP contribution in [0.5, 0.6) is 0 Å². The van der Waals surface area contributed by atoms with Crippen molar-refractivity contribution in [3.8, 4) is 0 Å². The van der Waals surface area contributed by atoms with Gasteiger partial charge in [-0.25, -0.2) is 4.79 Å². The summed E-state index contributed by atoms with van der Waals surface area (Å²) >= 11 is 0. The monoisotopic (exact) mass is 280 g/mol. The first-order chi connectivity index (χ1) is 9.56. The number of nitrogens with two attached hydrogens (primary N) is 1. The van der Waals surface area contributed by atoms with Crippen molar-refractivity contribution in [1.82, 2.24) is 4.90 Å². The Bertz CT molecular complexity index is 470. The third-order valence-corrected chi connectivity index (χ3v) is 4.14. The van der Waals surface area contributed by atoms with E-state index in [1.165, 1.54) is 20.0 Å². The fourth-order valence-corrected chi connectivity index (χ4v) is 2.98. The number of carbonyl (C=O) groups is 1. The molecular weight excluding hydrogens is 256 g/mol. The van der Waals surface area contributed by atoms with Crippen molar-refractivity contribution in [2.24, 2.45) is 5.73 Å². The minimum Gasteiger partial charge on any atom is -0.463 e. The average molecular weight is 280 g/mol. The van der Waals surface area contributed by atoms with Gasteiger partial charge in [0.05, 0.1) is 13.7 Å². The summed E-state index contributed by atoms with van der Waals surface area (Å²) in [4.78, 5) is 14.0. The van der Waals surface area contributed by atoms with Crippen LogP contribution in [0.3, 0.4) is 0 Å². The van der Waals surface area contributed by atoms with Crippen LogP contribution in [-0.4, -0.2) is 36.6 Å². The van der Waals surface area contributed by atoms with Crippen LogP contribution in [0.2, 0.25) is 0 Å². The summed E-state index contributed by atoms with van der Waals surface area (Å²) in [6.07, 6.45) is 3.54. The largest absolute Gasteiger partial charge is 0.463 e. The molecule has 1 saturated heterocycles. The van der Waals surface area contributed by atoms with Gasteiger partial charge in [-0.3, -0.25) is 4.90 Å². The Morgan fingerprint density at radius 2 is 2.30 bits per heavy atom. The molecule has 0 aliphatic carbocycles. The van der Waals surface area contributed by atoms with Crippen molar-refractivity contribution in [2.75, 3.05) is 13.7 Å². The van der Waals surface area contributed by atoms with Crippen LogP contribution in [0.1, 0.15) is 48.1 Å². The number of hydrogen-bond acceptors (Lipinski definition) is 5. The molecule has 1 aliphatic rings. The van der Waals surface area contributed by atoms with E-state index < -0.39 is 5.97 Å². The van der Waals surface area contributed by atoms with Crippen molar-refractivity contribution < 1.29 is 13.9 Å². The lowest BCUT2D eigenvalue weighted by molar-refractivity contribution is 0.0549. The molecule has 0 spiro atoms. The molecule has 1 fully saturated rings. The zero-order valence-corrected chi connectivity index (χ0v) is 12.5. The Labute approximate surface area is 120 Å². The molecule has 0 saturated carbocycles. The number of rotatable bonds is 4. The van der Waals surface area contributed by atoms with E-state index >= 15 is 0 Å². The van der Waals surface area contributed by atoms with E-state index in [-0.39, 0.29) is 0 Å². The Hall–Kier alpha value is -1.33. The van der Waals surface area contributed by atoms with Gasteiger partial charge >= 0.3 is 5.97 Å². The normalized spacial score (nSPS) is 23.8. The minimum absolute atomic E-state index is 0.302. The molecule has 1 aromatic heterocycles. The van der Waals surface area contributed by atoms with Gasteiger partial charge in [0.2, 0.25) is 5.76 Å². The summed E-state index contributed by atoms with van der Waals surface area (Å²) in [7, 11) is 1.36. The third kappa shape index (κ3) is 3.04. The summed E-state index contributed by atoms with van der Waals surface area (Å²) in [5.41, 5.74) is 6.69. The number of nitrogens with zero attached hydrogens (tertiary/aromatic N) is 1. The van der Waals surface area contributed by atoms with Gasteiger partial charge < -0.3 is 14.9 Å². The predicted octanol–water partition coefficient (Wildman–Crippen LogP) is 2.08. The first kappa shape index (κ1) is 15.1. The number of likely N-dealkylation sites (tertiary alicyclic amines) is 1. The number of ether oxygens (including phenoxy) is 1. The van der Waals surface area contributed by atoms with Crippen LogP contribution < -0.4 is 5.73 Å². The van der Waals surface area contributed by atoms with Gasteiger partial charge in [-0.1, -0.05) is 6.42 Å². The van der Waals surface area contributed by atoms with Gasteiger partial charge in [-0.2, -0.15) is 0 Å². The summed E-state index contributed by atoms with van der Waals surface area (Å²) < 4.78 is 10.4. The molecule has 0 bridgehead atoms. The lowest BCUT2D eigenvalue weighted by atomic mass is 9.96. The smallest absolute Gasteiger partial charge is 0.374 e. The SMILES string of the molecule is COC(=O)c1oc(CN2C(C)CCCC2CN)cc1C. The second-order valence-corrected chi connectivity index (χ2v) is 5.56. The molecule has 2 rings (SSSR count). The lowest BCUT2D eigenvalue weighted by Crippen LogP contribution is -2.48. The Morgan fingerprint density at radius 1 is 1.55 bits per heavy atom. The lowest BCUT2D eigenvalue weighted by Gasteiger charge is -2.39. The van der Waals surface area contributed by atoms with Crippen molar-refractivity contribution in [2.45, 2.75) is 51.7 Å². The standard InChI is InChI=1S/C15H24N2O3/c1-10-7-13(20-14(10)15(18)19-3)9-17-11(2)5-4-6-12(17)8-16/h7,11-12H,4-6,8-9,16H2,1-3H3. The molecule has 2 unspecified atom stereocenters. The maximum Gasteiger partial charge on any atom is 0.374 e. The van der Waals surface area contributed by atoms with Gasteiger partial charge in [0.1, 0.15) is 5.76 Å². The van der Waals surface area contributed by atoms with Crippen LogP contribution in [0.15, 0.2) is 10.5 Å². The van der Waals surface area contributed by atoms with Crippen molar-refractivity contribution in [1.29, 1.82) is 0 Å². The van der Waals surface area contributed by atoms with Crippen molar-refractivity contribution in [3.05, 3.63) is 23.2 Å². The second kappa shape index (κ2) is 6.41. The molecule has 2 heterocycles.